The number of rotatable bonds is 9. The summed E-state index contributed by atoms with van der Waals surface area (Å²) in [5.41, 5.74) is 5.33. The molecule has 244 valence electrons. The summed E-state index contributed by atoms with van der Waals surface area (Å²) in [5.74, 6) is 1.21. The number of nitrogens with zero attached hydrogens (tertiary/aromatic N) is 4. The van der Waals surface area contributed by atoms with Crippen molar-refractivity contribution >= 4 is 22.7 Å². The summed E-state index contributed by atoms with van der Waals surface area (Å²) in [7, 11) is 1.96. The monoisotopic (exact) mass is 633 g/mol. The average molecular weight is 634 g/mol. The normalized spacial score (nSPS) is 16.6. The zero-order chi connectivity index (χ0) is 33.0. The lowest BCUT2D eigenvalue weighted by atomic mass is 9.93. The molecular formula is C38H43N5O4. The van der Waals surface area contributed by atoms with Gasteiger partial charge in [-0.05, 0) is 68.5 Å². The molecule has 0 unspecified atom stereocenters. The zero-order valence-corrected chi connectivity index (χ0v) is 27.8. The van der Waals surface area contributed by atoms with Crippen molar-refractivity contribution < 1.29 is 19.0 Å². The molecule has 2 aromatic heterocycles. The number of carbonyl (C=O) groups is 1. The Bertz CT molecular complexity index is 1820. The van der Waals surface area contributed by atoms with Crippen molar-refractivity contribution in [3.63, 3.8) is 0 Å². The Kier molecular flexibility index (Phi) is 9.33. The maximum absolute atomic E-state index is 12.4. The maximum atomic E-state index is 12.4. The molecule has 1 aliphatic rings. The molecular weight excluding hydrogens is 590 g/mol. The number of aryl methyl sites for hydroxylation is 1. The van der Waals surface area contributed by atoms with Crippen LogP contribution >= 0.6 is 0 Å². The number of fused-ring (bicyclic) bond motifs is 1. The number of amides is 1. The van der Waals surface area contributed by atoms with Crippen molar-refractivity contribution in [3.05, 3.63) is 102 Å². The second-order valence-corrected chi connectivity index (χ2v) is 13.2. The van der Waals surface area contributed by atoms with Crippen molar-refractivity contribution in [3.8, 4) is 23.0 Å². The third-order valence-electron chi connectivity index (χ3n) is 8.35. The van der Waals surface area contributed by atoms with Crippen LogP contribution in [0.3, 0.4) is 0 Å². The van der Waals surface area contributed by atoms with Crippen LogP contribution in [0, 0.1) is 5.92 Å². The van der Waals surface area contributed by atoms with E-state index >= 15 is 0 Å². The number of benzene rings is 3. The number of ether oxygens (including phenoxy) is 3. The van der Waals surface area contributed by atoms with E-state index in [-0.39, 0.29) is 18.1 Å². The third-order valence-corrected chi connectivity index (χ3v) is 8.35. The molecule has 1 N–H and O–H groups in total. The van der Waals surface area contributed by atoms with Crippen molar-refractivity contribution in [1.82, 2.24) is 20.1 Å². The Morgan fingerprint density at radius 1 is 0.915 bits per heavy atom. The van der Waals surface area contributed by atoms with Crippen molar-refractivity contribution in [2.24, 2.45) is 13.0 Å². The Morgan fingerprint density at radius 3 is 2.26 bits per heavy atom. The van der Waals surface area contributed by atoms with E-state index in [1.807, 2.05) is 105 Å². The molecule has 9 heteroatoms. The van der Waals surface area contributed by atoms with Gasteiger partial charge >= 0.3 is 6.09 Å². The summed E-state index contributed by atoms with van der Waals surface area (Å²) >= 11 is 0. The molecule has 1 saturated heterocycles. The van der Waals surface area contributed by atoms with Crippen molar-refractivity contribution in [1.29, 1.82) is 0 Å². The van der Waals surface area contributed by atoms with Crippen LogP contribution in [0.15, 0.2) is 91.0 Å². The molecule has 9 nitrogen and oxygen atoms in total. The van der Waals surface area contributed by atoms with E-state index in [1.54, 1.807) is 0 Å². The van der Waals surface area contributed by atoms with Gasteiger partial charge in [-0.15, -0.1) is 0 Å². The van der Waals surface area contributed by atoms with Crippen LogP contribution in [-0.4, -0.2) is 45.6 Å². The molecule has 2 atom stereocenters. The van der Waals surface area contributed by atoms with Gasteiger partial charge in [0, 0.05) is 43.3 Å². The average Bonchev–Trinajstić information content (AvgIpc) is 3.39. The Labute approximate surface area is 276 Å². The predicted molar refractivity (Wildman–Crippen MR) is 185 cm³/mol. The first-order valence-electron chi connectivity index (χ1n) is 16.2. The molecule has 0 radical (unpaired) electrons. The van der Waals surface area contributed by atoms with Gasteiger partial charge < -0.3 is 24.4 Å². The largest absolute Gasteiger partial charge is 0.473 e. The fraction of sp³-hybridized carbons (Fsp3) is 0.342. The molecule has 0 bridgehead atoms. The van der Waals surface area contributed by atoms with Gasteiger partial charge in [0.05, 0.1) is 11.1 Å². The van der Waals surface area contributed by atoms with Crippen LogP contribution in [0.1, 0.15) is 45.2 Å². The molecule has 0 saturated carbocycles. The van der Waals surface area contributed by atoms with E-state index < -0.39 is 5.60 Å². The second-order valence-electron chi connectivity index (χ2n) is 13.2. The number of alkyl carbamates (subject to hydrolysis) is 1. The summed E-state index contributed by atoms with van der Waals surface area (Å²) in [6.07, 6.45) is 0.478. The summed E-state index contributed by atoms with van der Waals surface area (Å²) in [6, 6.07) is 30.5. The molecule has 6 rings (SSSR count). The molecule has 1 amide bonds. The Balaban J connectivity index is 1.23. The van der Waals surface area contributed by atoms with Gasteiger partial charge in [-0.3, -0.25) is 4.68 Å². The van der Waals surface area contributed by atoms with Gasteiger partial charge in [0.1, 0.15) is 24.5 Å². The van der Waals surface area contributed by atoms with Crippen LogP contribution in [0.4, 0.5) is 10.5 Å². The van der Waals surface area contributed by atoms with E-state index in [0.29, 0.717) is 25.0 Å². The Morgan fingerprint density at radius 2 is 1.60 bits per heavy atom. The quantitative estimate of drug-likeness (QED) is 0.179. The van der Waals surface area contributed by atoms with Crippen molar-refractivity contribution in [2.75, 3.05) is 18.0 Å². The number of aromatic nitrogens is 3. The lowest BCUT2D eigenvalue weighted by Gasteiger charge is -2.38. The highest BCUT2D eigenvalue weighted by Gasteiger charge is 2.29. The fourth-order valence-corrected chi connectivity index (χ4v) is 5.95. The molecule has 1 fully saturated rings. The molecule has 5 aromatic rings. The van der Waals surface area contributed by atoms with Gasteiger partial charge in [-0.1, -0.05) is 67.6 Å². The third kappa shape index (κ3) is 7.85. The molecule has 0 spiro atoms. The van der Waals surface area contributed by atoms with Gasteiger partial charge in [0.2, 0.25) is 11.8 Å². The highest BCUT2D eigenvalue weighted by molar-refractivity contribution is 5.96. The van der Waals surface area contributed by atoms with E-state index in [2.05, 4.69) is 35.3 Å². The summed E-state index contributed by atoms with van der Waals surface area (Å²) in [6.45, 7) is 10.2. The summed E-state index contributed by atoms with van der Waals surface area (Å²) < 4.78 is 19.8. The number of hydrogen-bond donors (Lipinski definition) is 1. The van der Waals surface area contributed by atoms with Crippen molar-refractivity contribution in [2.45, 2.75) is 59.0 Å². The van der Waals surface area contributed by atoms with Gasteiger partial charge in [0.25, 0.3) is 0 Å². The zero-order valence-electron chi connectivity index (χ0n) is 27.8. The fourth-order valence-electron chi connectivity index (χ4n) is 5.95. The van der Waals surface area contributed by atoms with Gasteiger partial charge in [0.15, 0.2) is 0 Å². The first-order valence-corrected chi connectivity index (χ1v) is 16.2. The number of carbonyl (C=O) groups excluding carboxylic acids is 1. The summed E-state index contributed by atoms with van der Waals surface area (Å²) in [5, 5.41) is 9.03. The van der Waals surface area contributed by atoms with E-state index in [0.717, 1.165) is 58.5 Å². The Hall–Kier alpha value is -5.05. The number of piperidine rings is 1. The molecule has 0 aliphatic carbocycles. The number of pyridine rings is 1. The summed E-state index contributed by atoms with van der Waals surface area (Å²) in [4.78, 5) is 19.6. The van der Waals surface area contributed by atoms with Crippen LogP contribution in [0.5, 0.6) is 11.8 Å². The highest BCUT2D eigenvalue weighted by Crippen LogP contribution is 2.37. The maximum Gasteiger partial charge on any atom is 0.407 e. The molecule has 1 aliphatic heterocycles. The molecule has 3 heterocycles. The minimum Gasteiger partial charge on any atom is -0.473 e. The highest BCUT2D eigenvalue weighted by atomic mass is 16.6. The lowest BCUT2D eigenvalue weighted by Crippen LogP contribution is -2.51. The number of anilines is 1. The van der Waals surface area contributed by atoms with Crippen LogP contribution in [0.2, 0.25) is 0 Å². The molecule has 47 heavy (non-hydrogen) atoms. The second kappa shape index (κ2) is 13.7. The SMILES string of the molecule is C[C@H]1CN(c2ccc3c(-c4ccc(OCc5ccccc5)nc4OCc4ccccc4)nn(C)c3c2)CC[C@@H]1NC(=O)OC(C)(C)C. The first-order chi connectivity index (χ1) is 22.6. The smallest absolute Gasteiger partial charge is 0.407 e. The lowest BCUT2D eigenvalue weighted by molar-refractivity contribution is 0.0481. The minimum atomic E-state index is -0.519. The van der Waals surface area contributed by atoms with Crippen LogP contribution in [0.25, 0.3) is 22.2 Å². The standard InChI is InChI=1S/C38H43N5O4/c1-26-23-43(21-20-32(26)39-37(44)47-38(2,3)4)29-16-17-30-33(22-29)42(5)41-35(30)31-18-19-34(45-24-27-12-8-6-9-13-27)40-36(31)46-25-28-14-10-7-11-15-28/h6-19,22,26,32H,20-21,23-25H2,1-5H3,(H,39,44)/t26-,32-/m0/s1. The number of nitrogens with one attached hydrogen (secondary N) is 1. The predicted octanol–water partition coefficient (Wildman–Crippen LogP) is 7.53. The molecule has 3 aromatic carbocycles. The van der Waals surface area contributed by atoms with Crippen LogP contribution in [-0.2, 0) is 25.0 Å². The van der Waals surface area contributed by atoms with Gasteiger partial charge in [-0.2, -0.15) is 10.1 Å². The van der Waals surface area contributed by atoms with E-state index in [1.165, 1.54) is 0 Å². The van der Waals surface area contributed by atoms with E-state index in [4.69, 9.17) is 24.3 Å². The number of hydrogen-bond acceptors (Lipinski definition) is 7. The van der Waals surface area contributed by atoms with E-state index in [9.17, 15) is 4.79 Å². The van der Waals surface area contributed by atoms with Crippen LogP contribution < -0.4 is 19.7 Å². The van der Waals surface area contributed by atoms with Gasteiger partial charge in [-0.25, -0.2) is 4.79 Å². The minimum absolute atomic E-state index is 0.0644. The topological polar surface area (TPSA) is 90.7 Å². The first kappa shape index (κ1) is 31.9.